The smallest absolute Gasteiger partial charge is 0.191 e. The van der Waals surface area contributed by atoms with Crippen molar-refractivity contribution in [2.24, 2.45) is 4.99 Å². The van der Waals surface area contributed by atoms with Gasteiger partial charge in [0.1, 0.15) is 5.76 Å². The predicted octanol–water partition coefficient (Wildman–Crippen LogP) is 2.49. The molecule has 0 aliphatic carbocycles. The van der Waals surface area contributed by atoms with E-state index >= 15 is 0 Å². The molecule has 0 aromatic carbocycles. The molecular weight excluding hydrogens is 443 g/mol. The van der Waals surface area contributed by atoms with Gasteiger partial charge in [-0.1, -0.05) is 0 Å². The van der Waals surface area contributed by atoms with Crippen LogP contribution in [0, 0.1) is 0 Å². The van der Waals surface area contributed by atoms with E-state index in [-0.39, 0.29) is 30.0 Å². The zero-order valence-corrected chi connectivity index (χ0v) is 17.6. The summed E-state index contributed by atoms with van der Waals surface area (Å²) in [5.74, 6) is 1.85. The number of halogens is 1. The van der Waals surface area contributed by atoms with Crippen molar-refractivity contribution in [3.05, 3.63) is 42.9 Å². The van der Waals surface area contributed by atoms with Gasteiger partial charge in [-0.25, -0.2) is 4.98 Å². The molecular formula is C18H29IN6O. The summed E-state index contributed by atoms with van der Waals surface area (Å²) in [6.45, 7) is 4.86. The molecule has 1 unspecified atom stereocenters. The zero-order chi connectivity index (χ0) is 17.3. The molecule has 0 saturated carbocycles. The van der Waals surface area contributed by atoms with Gasteiger partial charge in [-0.3, -0.25) is 9.89 Å². The third-order valence-electron chi connectivity index (χ3n) is 4.58. The number of hydrogen-bond donors (Lipinski definition) is 2. The number of aliphatic imine (C=N–C) groups is 1. The van der Waals surface area contributed by atoms with E-state index < -0.39 is 0 Å². The van der Waals surface area contributed by atoms with Crippen molar-refractivity contribution in [2.45, 2.75) is 31.8 Å². The third-order valence-corrected chi connectivity index (χ3v) is 4.58. The van der Waals surface area contributed by atoms with Crippen molar-refractivity contribution >= 4 is 29.9 Å². The second kappa shape index (κ2) is 11.2. The molecule has 0 spiro atoms. The lowest BCUT2D eigenvalue weighted by Gasteiger charge is -2.26. The maximum atomic E-state index is 5.66. The van der Waals surface area contributed by atoms with Crippen LogP contribution in [0.1, 0.15) is 31.1 Å². The summed E-state index contributed by atoms with van der Waals surface area (Å²) >= 11 is 0. The predicted molar refractivity (Wildman–Crippen MR) is 114 cm³/mol. The normalized spacial score (nSPS) is 16.3. The lowest BCUT2D eigenvalue weighted by Crippen LogP contribution is -2.43. The SMILES string of the molecule is CN=C(NCCCn1ccnc1)NCC(c1ccco1)N1CCCC1.I. The van der Waals surface area contributed by atoms with Gasteiger partial charge in [0, 0.05) is 39.1 Å². The molecule has 0 radical (unpaired) electrons. The van der Waals surface area contributed by atoms with Crippen molar-refractivity contribution in [3.63, 3.8) is 0 Å². The maximum Gasteiger partial charge on any atom is 0.191 e. The number of nitrogens with zero attached hydrogens (tertiary/aromatic N) is 4. The van der Waals surface area contributed by atoms with Crippen LogP contribution in [0.15, 0.2) is 46.5 Å². The molecule has 144 valence electrons. The quantitative estimate of drug-likeness (QED) is 0.268. The number of aryl methyl sites for hydroxylation is 1. The van der Waals surface area contributed by atoms with Gasteiger partial charge in [0.2, 0.25) is 0 Å². The molecule has 7 nitrogen and oxygen atoms in total. The van der Waals surface area contributed by atoms with Crippen molar-refractivity contribution in [1.82, 2.24) is 25.1 Å². The van der Waals surface area contributed by atoms with Gasteiger partial charge < -0.3 is 19.6 Å². The molecule has 1 saturated heterocycles. The standard InChI is InChI=1S/C18H28N6O.HI/c1-19-18(21-7-5-9-23-12-8-20-15-23)22-14-16(17-6-4-13-25-17)24-10-2-3-11-24;/h4,6,8,12-13,15-16H,2-3,5,7,9-11,14H2,1H3,(H2,19,21,22);1H. The Bertz CT molecular complexity index is 622. The number of hydrogen-bond acceptors (Lipinski definition) is 4. The van der Waals surface area contributed by atoms with Gasteiger partial charge in [-0.2, -0.15) is 0 Å². The van der Waals surface area contributed by atoms with Crippen molar-refractivity contribution in [3.8, 4) is 0 Å². The third kappa shape index (κ3) is 6.01. The first-order valence-electron chi connectivity index (χ1n) is 9.04. The Morgan fingerprint density at radius 1 is 1.35 bits per heavy atom. The molecule has 1 aliphatic heterocycles. The Morgan fingerprint density at radius 3 is 2.85 bits per heavy atom. The lowest BCUT2D eigenvalue weighted by molar-refractivity contribution is 0.215. The number of rotatable bonds is 8. The minimum absolute atomic E-state index is 0. The number of aromatic nitrogens is 2. The van der Waals surface area contributed by atoms with E-state index in [2.05, 4.69) is 36.1 Å². The summed E-state index contributed by atoms with van der Waals surface area (Å²) in [6.07, 6.45) is 10.9. The number of imidazole rings is 1. The molecule has 1 aliphatic rings. The van der Waals surface area contributed by atoms with Crippen LogP contribution in [-0.2, 0) is 6.54 Å². The van der Waals surface area contributed by atoms with Crippen LogP contribution in [-0.4, -0.2) is 53.6 Å². The van der Waals surface area contributed by atoms with E-state index in [1.54, 1.807) is 12.5 Å². The highest BCUT2D eigenvalue weighted by Crippen LogP contribution is 2.24. The second-order valence-electron chi connectivity index (χ2n) is 6.31. The monoisotopic (exact) mass is 472 g/mol. The molecule has 1 atom stereocenters. The minimum atomic E-state index is 0. The molecule has 3 heterocycles. The van der Waals surface area contributed by atoms with Crippen LogP contribution < -0.4 is 10.6 Å². The molecule has 3 rings (SSSR count). The molecule has 8 heteroatoms. The Morgan fingerprint density at radius 2 is 2.19 bits per heavy atom. The first-order valence-corrected chi connectivity index (χ1v) is 9.04. The summed E-state index contributed by atoms with van der Waals surface area (Å²) < 4.78 is 7.74. The molecule has 26 heavy (non-hydrogen) atoms. The van der Waals surface area contributed by atoms with Crippen LogP contribution in [0.3, 0.4) is 0 Å². The average Bonchev–Trinajstić information content (AvgIpc) is 3.40. The molecule has 2 aromatic heterocycles. The fourth-order valence-corrected chi connectivity index (χ4v) is 3.25. The largest absolute Gasteiger partial charge is 0.468 e. The summed E-state index contributed by atoms with van der Waals surface area (Å²) in [5.41, 5.74) is 0. The first-order chi connectivity index (χ1) is 12.4. The van der Waals surface area contributed by atoms with E-state index in [1.807, 2.05) is 25.6 Å². The Balaban J connectivity index is 0.00000243. The average molecular weight is 472 g/mol. The van der Waals surface area contributed by atoms with Gasteiger partial charge in [-0.05, 0) is 44.5 Å². The summed E-state index contributed by atoms with van der Waals surface area (Å²) in [7, 11) is 1.81. The number of furan rings is 1. The van der Waals surface area contributed by atoms with E-state index in [4.69, 9.17) is 4.42 Å². The van der Waals surface area contributed by atoms with Gasteiger partial charge >= 0.3 is 0 Å². The highest BCUT2D eigenvalue weighted by atomic mass is 127. The molecule has 0 bridgehead atoms. The Hall–Kier alpha value is -1.55. The molecule has 1 fully saturated rings. The number of guanidine groups is 1. The van der Waals surface area contributed by atoms with Crippen LogP contribution >= 0.6 is 24.0 Å². The van der Waals surface area contributed by atoms with E-state index in [0.29, 0.717) is 0 Å². The van der Waals surface area contributed by atoms with Gasteiger partial charge in [0.15, 0.2) is 5.96 Å². The van der Waals surface area contributed by atoms with Crippen LogP contribution in [0.4, 0.5) is 0 Å². The number of likely N-dealkylation sites (tertiary alicyclic amines) is 1. The van der Waals surface area contributed by atoms with E-state index in [0.717, 1.165) is 50.9 Å². The highest BCUT2D eigenvalue weighted by molar-refractivity contribution is 14.0. The van der Waals surface area contributed by atoms with Gasteiger partial charge in [-0.15, -0.1) is 24.0 Å². The summed E-state index contributed by atoms with van der Waals surface area (Å²) in [5, 5.41) is 6.83. The van der Waals surface area contributed by atoms with Crippen molar-refractivity contribution in [1.29, 1.82) is 0 Å². The van der Waals surface area contributed by atoms with Crippen LogP contribution in [0.5, 0.6) is 0 Å². The fraction of sp³-hybridized carbons (Fsp3) is 0.556. The van der Waals surface area contributed by atoms with Gasteiger partial charge in [0.05, 0.1) is 18.6 Å². The number of nitrogens with one attached hydrogen (secondary N) is 2. The minimum Gasteiger partial charge on any atom is -0.468 e. The zero-order valence-electron chi connectivity index (χ0n) is 15.3. The van der Waals surface area contributed by atoms with Crippen molar-refractivity contribution in [2.75, 3.05) is 33.2 Å². The van der Waals surface area contributed by atoms with Crippen LogP contribution in [0.25, 0.3) is 0 Å². The van der Waals surface area contributed by atoms with Crippen molar-refractivity contribution < 1.29 is 4.42 Å². The lowest BCUT2D eigenvalue weighted by atomic mass is 10.2. The summed E-state index contributed by atoms with van der Waals surface area (Å²) in [4.78, 5) is 10.9. The fourth-order valence-electron chi connectivity index (χ4n) is 3.25. The van der Waals surface area contributed by atoms with Gasteiger partial charge in [0.25, 0.3) is 0 Å². The first kappa shape index (κ1) is 20.8. The molecule has 2 aromatic rings. The Labute approximate surface area is 172 Å². The Kier molecular flexibility index (Phi) is 8.96. The van der Waals surface area contributed by atoms with Crippen LogP contribution in [0.2, 0.25) is 0 Å². The second-order valence-corrected chi connectivity index (χ2v) is 6.31. The summed E-state index contributed by atoms with van der Waals surface area (Å²) in [6, 6.07) is 4.27. The topological polar surface area (TPSA) is 70.6 Å². The molecule has 0 amide bonds. The van der Waals surface area contributed by atoms with E-state index in [9.17, 15) is 0 Å². The van der Waals surface area contributed by atoms with E-state index in [1.165, 1.54) is 12.8 Å². The maximum absolute atomic E-state index is 5.66. The highest BCUT2D eigenvalue weighted by Gasteiger charge is 2.25. The molecule has 2 N–H and O–H groups in total.